The summed E-state index contributed by atoms with van der Waals surface area (Å²) >= 11 is 6.03. The number of rotatable bonds is 8. The number of carbonyl (C=O) groups is 1. The van der Waals surface area contributed by atoms with Crippen molar-refractivity contribution in [3.63, 3.8) is 0 Å². The predicted octanol–water partition coefficient (Wildman–Crippen LogP) is 4.27. The quantitative estimate of drug-likeness (QED) is 0.549. The van der Waals surface area contributed by atoms with Gasteiger partial charge in [-0.05, 0) is 61.6 Å². The van der Waals surface area contributed by atoms with E-state index in [1.54, 1.807) is 31.3 Å². The lowest BCUT2D eigenvalue weighted by Gasteiger charge is -2.23. The summed E-state index contributed by atoms with van der Waals surface area (Å²) in [6.07, 6.45) is 5.17. The lowest BCUT2D eigenvalue weighted by Crippen LogP contribution is -2.42. The lowest BCUT2D eigenvalue weighted by atomic mass is 10.0. The summed E-state index contributed by atoms with van der Waals surface area (Å²) in [4.78, 5) is 21.4. The van der Waals surface area contributed by atoms with Gasteiger partial charge in [-0.1, -0.05) is 29.8 Å². The smallest absolute Gasteiger partial charge is 0.252 e. The average molecular weight is 438 g/mol. The first-order valence-corrected chi connectivity index (χ1v) is 10.6. The molecule has 31 heavy (non-hydrogen) atoms. The maximum atomic E-state index is 12.7. The number of hydrogen-bond donors (Lipinski definition) is 2. The Bertz CT molecular complexity index is 1050. The predicted molar refractivity (Wildman–Crippen MR) is 119 cm³/mol. The minimum atomic E-state index is -0.895. The molecule has 1 aliphatic rings. The zero-order valence-electron chi connectivity index (χ0n) is 17.2. The van der Waals surface area contributed by atoms with Gasteiger partial charge in [0, 0.05) is 29.5 Å². The number of amides is 1. The van der Waals surface area contributed by atoms with Crippen molar-refractivity contribution < 1.29 is 14.6 Å². The second-order valence-electron chi connectivity index (χ2n) is 8.01. The Balaban J connectivity index is 1.56. The van der Waals surface area contributed by atoms with E-state index in [-0.39, 0.29) is 25.0 Å². The molecule has 0 saturated heterocycles. The average Bonchev–Trinajstić information content (AvgIpc) is 3.64. The molecule has 1 saturated carbocycles. The summed E-state index contributed by atoms with van der Waals surface area (Å²) in [7, 11) is 0. The Morgan fingerprint density at radius 2 is 2.00 bits per heavy atom. The molecule has 1 aliphatic carbocycles. The fourth-order valence-corrected chi connectivity index (χ4v) is 3.49. The topological polar surface area (TPSA) is 84.3 Å². The SMILES string of the molecule is C[C@](O)(CNC(=O)c1cnc(OCc2ccccn2)c(-c2ccc(Cl)cc2)c1)C1CC1. The monoisotopic (exact) mass is 437 g/mol. The van der Waals surface area contributed by atoms with Crippen molar-refractivity contribution in [2.45, 2.75) is 32.0 Å². The number of aliphatic hydroxyl groups is 1. The van der Waals surface area contributed by atoms with Crippen LogP contribution in [0, 0.1) is 5.92 Å². The molecule has 1 atom stereocenters. The van der Waals surface area contributed by atoms with Crippen LogP contribution in [0.25, 0.3) is 11.1 Å². The van der Waals surface area contributed by atoms with E-state index < -0.39 is 5.60 Å². The van der Waals surface area contributed by atoms with Gasteiger partial charge in [0.2, 0.25) is 5.88 Å². The van der Waals surface area contributed by atoms with E-state index in [1.807, 2.05) is 30.3 Å². The molecule has 0 aliphatic heterocycles. The van der Waals surface area contributed by atoms with E-state index >= 15 is 0 Å². The Kier molecular flexibility index (Phi) is 6.20. The van der Waals surface area contributed by atoms with Crippen LogP contribution < -0.4 is 10.1 Å². The third kappa shape index (κ3) is 5.40. The molecule has 6 nitrogen and oxygen atoms in total. The number of halogens is 1. The standard InChI is InChI=1S/C24H24ClN3O3/c1-24(30,18-7-8-18)15-28-22(29)17-12-21(16-5-9-19(25)10-6-16)23(27-13-17)31-14-20-4-2-3-11-26-20/h2-6,9-13,18,30H,7-8,14-15H2,1H3,(H,28,29)/t24-/m0/s1. The Morgan fingerprint density at radius 1 is 1.23 bits per heavy atom. The van der Waals surface area contributed by atoms with Crippen LogP contribution in [0.15, 0.2) is 60.9 Å². The number of nitrogens with zero attached hydrogens (tertiary/aromatic N) is 2. The van der Waals surface area contributed by atoms with Crippen LogP contribution in [0.1, 0.15) is 35.8 Å². The molecule has 4 rings (SSSR count). The molecular formula is C24H24ClN3O3. The third-order valence-corrected chi connectivity index (χ3v) is 5.67. The van der Waals surface area contributed by atoms with Gasteiger partial charge >= 0.3 is 0 Å². The van der Waals surface area contributed by atoms with Crippen LogP contribution >= 0.6 is 11.6 Å². The molecule has 1 fully saturated rings. The molecule has 2 N–H and O–H groups in total. The number of nitrogens with one attached hydrogen (secondary N) is 1. The summed E-state index contributed by atoms with van der Waals surface area (Å²) in [5.41, 5.74) is 1.77. The number of ether oxygens (including phenoxy) is 1. The number of hydrogen-bond acceptors (Lipinski definition) is 5. The van der Waals surface area contributed by atoms with Crippen LogP contribution in [0.3, 0.4) is 0 Å². The molecule has 3 aromatic rings. The fourth-order valence-electron chi connectivity index (χ4n) is 3.36. The van der Waals surface area contributed by atoms with Gasteiger partial charge in [-0.15, -0.1) is 0 Å². The zero-order valence-corrected chi connectivity index (χ0v) is 18.0. The van der Waals surface area contributed by atoms with E-state index in [2.05, 4.69) is 15.3 Å². The molecule has 160 valence electrons. The van der Waals surface area contributed by atoms with E-state index in [1.165, 1.54) is 6.20 Å². The first kappa shape index (κ1) is 21.3. The fraction of sp³-hybridized carbons (Fsp3) is 0.292. The van der Waals surface area contributed by atoms with Crippen LogP contribution in [-0.4, -0.2) is 33.1 Å². The van der Waals surface area contributed by atoms with Gasteiger partial charge in [0.25, 0.3) is 5.91 Å². The normalized spacial score (nSPS) is 15.2. The van der Waals surface area contributed by atoms with Gasteiger partial charge in [0.1, 0.15) is 6.61 Å². The number of aromatic nitrogens is 2. The van der Waals surface area contributed by atoms with Crippen molar-refractivity contribution in [2.75, 3.05) is 6.54 Å². The van der Waals surface area contributed by atoms with Crippen molar-refractivity contribution in [2.24, 2.45) is 5.92 Å². The van der Waals surface area contributed by atoms with E-state index in [4.69, 9.17) is 16.3 Å². The highest BCUT2D eigenvalue weighted by Gasteiger charge is 2.40. The first-order chi connectivity index (χ1) is 14.9. The zero-order chi connectivity index (χ0) is 21.8. The van der Waals surface area contributed by atoms with Gasteiger partial charge in [-0.3, -0.25) is 9.78 Å². The molecule has 1 amide bonds. The first-order valence-electron chi connectivity index (χ1n) is 10.2. The van der Waals surface area contributed by atoms with Crippen LogP contribution in [0.4, 0.5) is 0 Å². The molecular weight excluding hydrogens is 414 g/mol. The van der Waals surface area contributed by atoms with E-state index in [9.17, 15) is 9.90 Å². The maximum absolute atomic E-state index is 12.7. The minimum absolute atomic E-state index is 0.199. The number of pyridine rings is 2. The Hall–Kier alpha value is -2.96. The number of benzene rings is 1. The number of carbonyl (C=O) groups excluding carboxylic acids is 1. The molecule has 7 heteroatoms. The minimum Gasteiger partial charge on any atom is -0.471 e. The highest BCUT2D eigenvalue weighted by atomic mass is 35.5. The Morgan fingerprint density at radius 3 is 2.68 bits per heavy atom. The van der Waals surface area contributed by atoms with Crippen molar-refractivity contribution in [3.05, 3.63) is 77.2 Å². The highest BCUT2D eigenvalue weighted by Crippen LogP contribution is 2.39. The van der Waals surface area contributed by atoms with E-state index in [0.717, 1.165) is 24.1 Å². The molecule has 2 heterocycles. The molecule has 2 aromatic heterocycles. The van der Waals surface area contributed by atoms with Crippen molar-refractivity contribution in [3.8, 4) is 17.0 Å². The van der Waals surface area contributed by atoms with Crippen LogP contribution in [0.5, 0.6) is 5.88 Å². The van der Waals surface area contributed by atoms with Crippen molar-refractivity contribution >= 4 is 17.5 Å². The molecule has 1 aromatic carbocycles. The summed E-state index contributed by atoms with van der Waals surface area (Å²) in [6.45, 7) is 2.21. The summed E-state index contributed by atoms with van der Waals surface area (Å²) < 4.78 is 5.92. The van der Waals surface area contributed by atoms with Crippen LogP contribution in [0.2, 0.25) is 5.02 Å². The lowest BCUT2D eigenvalue weighted by molar-refractivity contribution is 0.0354. The summed E-state index contributed by atoms with van der Waals surface area (Å²) in [5.74, 6) is 0.354. The van der Waals surface area contributed by atoms with Gasteiger partial charge in [-0.2, -0.15) is 0 Å². The second kappa shape index (κ2) is 9.04. The van der Waals surface area contributed by atoms with Gasteiger partial charge in [0.15, 0.2) is 0 Å². The molecule has 0 spiro atoms. The Labute approximate surface area is 186 Å². The maximum Gasteiger partial charge on any atom is 0.252 e. The summed E-state index contributed by atoms with van der Waals surface area (Å²) in [5, 5.41) is 13.9. The van der Waals surface area contributed by atoms with Crippen molar-refractivity contribution in [1.82, 2.24) is 15.3 Å². The summed E-state index contributed by atoms with van der Waals surface area (Å²) in [6, 6.07) is 14.6. The van der Waals surface area contributed by atoms with Gasteiger partial charge in [0.05, 0.1) is 16.9 Å². The molecule has 0 bridgehead atoms. The van der Waals surface area contributed by atoms with Gasteiger partial charge in [-0.25, -0.2) is 4.98 Å². The third-order valence-electron chi connectivity index (χ3n) is 5.42. The van der Waals surface area contributed by atoms with Crippen molar-refractivity contribution in [1.29, 1.82) is 0 Å². The van der Waals surface area contributed by atoms with E-state index in [0.29, 0.717) is 22.0 Å². The van der Waals surface area contributed by atoms with Gasteiger partial charge < -0.3 is 15.2 Å². The molecule has 0 unspecified atom stereocenters. The second-order valence-corrected chi connectivity index (χ2v) is 8.44. The highest BCUT2D eigenvalue weighted by molar-refractivity contribution is 6.30. The van der Waals surface area contributed by atoms with Crippen LogP contribution in [-0.2, 0) is 6.61 Å². The largest absolute Gasteiger partial charge is 0.471 e. The molecule has 0 radical (unpaired) electrons.